The van der Waals surface area contributed by atoms with E-state index < -0.39 is 24.2 Å². The standard InChI is InChI=1S/C20H23NO3/c1-9(2)15-10(3)6-7-13-16(15)11(4)8-14-17(13)20(23)18(21-24)12(5)19(14)22/h6-8,12,18-20,22-23H,1H2,2-5H3/t12-,18?,19?,20?/m1/s1. The molecular weight excluding hydrogens is 302 g/mol. The molecule has 1 aliphatic carbocycles. The Labute approximate surface area is 141 Å². The Morgan fingerprint density at radius 1 is 1.17 bits per heavy atom. The number of nitrogens with zero attached hydrogens (tertiary/aromatic N) is 1. The van der Waals surface area contributed by atoms with Gasteiger partial charge in [0.25, 0.3) is 0 Å². The summed E-state index contributed by atoms with van der Waals surface area (Å²) in [5, 5.41) is 26.4. The minimum absolute atomic E-state index is 0.423. The van der Waals surface area contributed by atoms with E-state index in [-0.39, 0.29) is 0 Å². The smallest absolute Gasteiger partial charge is 0.127 e. The van der Waals surface area contributed by atoms with Crippen LogP contribution in [0.25, 0.3) is 16.3 Å². The van der Waals surface area contributed by atoms with E-state index in [1.807, 2.05) is 39.0 Å². The summed E-state index contributed by atoms with van der Waals surface area (Å²) in [6.07, 6.45) is -1.83. The Morgan fingerprint density at radius 3 is 2.42 bits per heavy atom. The summed E-state index contributed by atoms with van der Waals surface area (Å²) in [6.45, 7) is 11.8. The summed E-state index contributed by atoms with van der Waals surface area (Å²) >= 11 is 0. The van der Waals surface area contributed by atoms with Gasteiger partial charge in [-0.3, -0.25) is 0 Å². The van der Waals surface area contributed by atoms with Crippen molar-refractivity contribution in [1.29, 1.82) is 0 Å². The highest BCUT2D eigenvalue weighted by Gasteiger charge is 2.41. The largest absolute Gasteiger partial charge is 0.388 e. The van der Waals surface area contributed by atoms with Crippen LogP contribution in [0.15, 0.2) is 30.0 Å². The minimum Gasteiger partial charge on any atom is -0.388 e. The van der Waals surface area contributed by atoms with Crippen LogP contribution in [0.5, 0.6) is 0 Å². The predicted molar refractivity (Wildman–Crippen MR) is 96.8 cm³/mol. The average Bonchev–Trinajstić information content (AvgIpc) is 2.53. The lowest BCUT2D eigenvalue weighted by molar-refractivity contribution is 0.0291. The van der Waals surface area contributed by atoms with Gasteiger partial charge in [0.2, 0.25) is 0 Å². The van der Waals surface area contributed by atoms with E-state index in [1.54, 1.807) is 6.92 Å². The van der Waals surface area contributed by atoms with Crippen LogP contribution in [0.1, 0.15) is 53.9 Å². The first-order chi connectivity index (χ1) is 11.3. The molecule has 3 unspecified atom stereocenters. The van der Waals surface area contributed by atoms with Crippen LogP contribution in [-0.2, 0) is 0 Å². The molecule has 1 aliphatic rings. The number of aryl methyl sites for hydroxylation is 2. The molecule has 2 N–H and O–H groups in total. The van der Waals surface area contributed by atoms with Crippen LogP contribution in [0.3, 0.4) is 0 Å². The second-order valence-corrected chi connectivity index (χ2v) is 7.00. The van der Waals surface area contributed by atoms with E-state index in [2.05, 4.69) is 11.8 Å². The lowest BCUT2D eigenvalue weighted by atomic mass is 9.74. The first-order valence-electron chi connectivity index (χ1n) is 8.20. The summed E-state index contributed by atoms with van der Waals surface area (Å²) in [6, 6.07) is 5.02. The molecule has 0 bridgehead atoms. The van der Waals surface area contributed by atoms with Crippen LogP contribution in [0.2, 0.25) is 0 Å². The topological polar surface area (TPSA) is 69.9 Å². The third kappa shape index (κ3) is 2.21. The molecule has 0 aromatic heterocycles. The van der Waals surface area contributed by atoms with Crippen molar-refractivity contribution in [3.05, 3.63) is 57.5 Å². The number of hydrogen-bond acceptors (Lipinski definition) is 4. The lowest BCUT2D eigenvalue weighted by Gasteiger charge is -2.36. The second-order valence-electron chi connectivity index (χ2n) is 7.00. The fourth-order valence-electron chi connectivity index (χ4n) is 4.09. The number of aliphatic hydroxyl groups excluding tert-OH is 2. The van der Waals surface area contributed by atoms with Crippen LogP contribution < -0.4 is 0 Å². The van der Waals surface area contributed by atoms with Crippen molar-refractivity contribution in [1.82, 2.24) is 0 Å². The van der Waals surface area contributed by atoms with E-state index in [0.717, 1.165) is 33.0 Å². The molecule has 0 heterocycles. The second kappa shape index (κ2) is 5.80. The SMILES string of the molecule is C=C(C)c1c(C)ccc2c3c(cc(C)c12)C(O)[C@H](C)C(N=O)C3O. The summed E-state index contributed by atoms with van der Waals surface area (Å²) in [5.41, 5.74) is 5.46. The number of hydrogen-bond donors (Lipinski definition) is 2. The number of fused-ring (bicyclic) bond motifs is 3. The molecule has 4 heteroatoms. The molecule has 0 saturated heterocycles. The highest BCUT2D eigenvalue weighted by atomic mass is 16.3. The van der Waals surface area contributed by atoms with Gasteiger partial charge in [0.1, 0.15) is 12.1 Å². The van der Waals surface area contributed by atoms with Crippen molar-refractivity contribution in [2.45, 2.75) is 45.9 Å². The summed E-state index contributed by atoms with van der Waals surface area (Å²) in [4.78, 5) is 11.2. The normalized spacial score (nSPS) is 26.2. The maximum Gasteiger partial charge on any atom is 0.127 e. The predicted octanol–water partition coefficient (Wildman–Crippen LogP) is 4.34. The van der Waals surface area contributed by atoms with Gasteiger partial charge in [0.05, 0.1) is 6.10 Å². The molecule has 2 aromatic carbocycles. The van der Waals surface area contributed by atoms with Crippen molar-refractivity contribution in [2.24, 2.45) is 11.1 Å². The number of benzene rings is 2. The zero-order valence-electron chi connectivity index (χ0n) is 14.5. The zero-order valence-corrected chi connectivity index (χ0v) is 14.5. The van der Waals surface area contributed by atoms with Crippen LogP contribution in [-0.4, -0.2) is 16.3 Å². The molecule has 0 amide bonds. The van der Waals surface area contributed by atoms with Gasteiger partial charge < -0.3 is 10.2 Å². The van der Waals surface area contributed by atoms with Gasteiger partial charge >= 0.3 is 0 Å². The van der Waals surface area contributed by atoms with E-state index in [0.29, 0.717) is 11.1 Å². The Bertz CT molecular complexity index is 856. The quantitative estimate of drug-likeness (QED) is 0.807. The first kappa shape index (κ1) is 16.8. The minimum atomic E-state index is -1.01. The van der Waals surface area contributed by atoms with Crippen molar-refractivity contribution in [2.75, 3.05) is 0 Å². The van der Waals surface area contributed by atoms with E-state index in [9.17, 15) is 15.1 Å². The monoisotopic (exact) mass is 325 g/mol. The summed E-state index contributed by atoms with van der Waals surface area (Å²) < 4.78 is 0. The third-order valence-electron chi connectivity index (χ3n) is 5.30. The van der Waals surface area contributed by atoms with E-state index in [1.165, 1.54) is 0 Å². The van der Waals surface area contributed by atoms with Crippen molar-refractivity contribution in [3.8, 4) is 0 Å². The maximum atomic E-state index is 11.2. The van der Waals surface area contributed by atoms with Gasteiger partial charge in [-0.25, -0.2) is 0 Å². The molecule has 0 spiro atoms. The van der Waals surface area contributed by atoms with Crippen molar-refractivity contribution in [3.63, 3.8) is 0 Å². The fraction of sp³-hybridized carbons (Fsp3) is 0.400. The molecule has 2 aromatic rings. The first-order valence-corrected chi connectivity index (χ1v) is 8.20. The van der Waals surface area contributed by atoms with Gasteiger partial charge in [-0.2, -0.15) is 4.91 Å². The Morgan fingerprint density at radius 2 is 1.83 bits per heavy atom. The molecule has 0 fully saturated rings. The summed E-state index contributed by atoms with van der Waals surface area (Å²) in [7, 11) is 0. The molecular formula is C20H23NO3. The van der Waals surface area contributed by atoms with Gasteiger partial charge in [-0.05, 0) is 59.4 Å². The number of rotatable bonds is 2. The third-order valence-corrected chi connectivity index (χ3v) is 5.30. The van der Waals surface area contributed by atoms with Crippen molar-refractivity contribution < 1.29 is 10.2 Å². The molecule has 3 rings (SSSR count). The molecule has 4 nitrogen and oxygen atoms in total. The Hall–Kier alpha value is -2.04. The van der Waals surface area contributed by atoms with Gasteiger partial charge in [0.15, 0.2) is 0 Å². The molecule has 0 aliphatic heterocycles. The molecule has 0 saturated carbocycles. The number of nitroso groups, excluding NO2 is 1. The van der Waals surface area contributed by atoms with Crippen molar-refractivity contribution >= 4 is 16.3 Å². The van der Waals surface area contributed by atoms with Gasteiger partial charge in [-0.15, -0.1) is 0 Å². The zero-order chi connectivity index (χ0) is 17.8. The Kier molecular flexibility index (Phi) is 4.06. The maximum absolute atomic E-state index is 11.2. The molecule has 4 atom stereocenters. The molecule has 0 radical (unpaired) electrons. The van der Waals surface area contributed by atoms with Crippen LogP contribution >= 0.6 is 0 Å². The van der Waals surface area contributed by atoms with Crippen LogP contribution in [0.4, 0.5) is 0 Å². The number of aliphatic hydroxyl groups is 2. The van der Waals surface area contributed by atoms with E-state index in [4.69, 9.17) is 0 Å². The van der Waals surface area contributed by atoms with E-state index >= 15 is 0 Å². The highest BCUT2D eigenvalue weighted by Crippen LogP contribution is 2.46. The van der Waals surface area contributed by atoms with Gasteiger partial charge in [0, 0.05) is 5.92 Å². The fourth-order valence-corrected chi connectivity index (χ4v) is 4.09. The molecule has 126 valence electrons. The van der Waals surface area contributed by atoms with Gasteiger partial charge in [-0.1, -0.05) is 42.5 Å². The van der Waals surface area contributed by atoms with Crippen LogP contribution in [0, 0.1) is 24.7 Å². The lowest BCUT2D eigenvalue weighted by Crippen LogP contribution is -2.34. The average molecular weight is 325 g/mol. The number of allylic oxidation sites excluding steroid dienone is 1. The molecule has 24 heavy (non-hydrogen) atoms. The highest BCUT2D eigenvalue weighted by molar-refractivity contribution is 5.99. The summed E-state index contributed by atoms with van der Waals surface area (Å²) in [5.74, 6) is -0.423. The Balaban J connectivity index is 2.45.